The zero-order valence-corrected chi connectivity index (χ0v) is 18.0. The Kier molecular flexibility index (Phi) is 7.36. The Morgan fingerprint density at radius 3 is 1.89 bits per heavy atom. The second kappa shape index (κ2) is 9.75. The Morgan fingerprint density at radius 1 is 0.893 bits per heavy atom. The van der Waals surface area contributed by atoms with E-state index in [1.807, 2.05) is 24.3 Å². The van der Waals surface area contributed by atoms with Gasteiger partial charge >= 0.3 is 0 Å². The lowest BCUT2D eigenvalue weighted by Crippen LogP contribution is -2.46. The Labute approximate surface area is 170 Å². The van der Waals surface area contributed by atoms with Crippen LogP contribution in [0.2, 0.25) is 0 Å². The van der Waals surface area contributed by atoms with Crippen LogP contribution in [0.15, 0.2) is 24.3 Å². The van der Waals surface area contributed by atoms with Gasteiger partial charge in [-0.25, -0.2) is 0 Å². The zero-order valence-electron chi connectivity index (χ0n) is 18.0. The number of hydrogen-bond donors (Lipinski definition) is 1. The maximum Gasteiger partial charge on any atom is 0.251 e. The summed E-state index contributed by atoms with van der Waals surface area (Å²) in [5.41, 5.74) is 0.716. The molecular formula is C23H37N3O2. The first-order chi connectivity index (χ1) is 13.4. The highest BCUT2D eigenvalue weighted by molar-refractivity contribution is 5.94. The summed E-state index contributed by atoms with van der Waals surface area (Å²) in [6, 6.07) is 9.12. The molecule has 1 aromatic rings. The molecule has 0 radical (unpaired) electrons. The number of rotatable bonds is 6. The molecule has 0 bridgehead atoms. The van der Waals surface area contributed by atoms with Crippen LogP contribution in [0.5, 0.6) is 5.75 Å². The van der Waals surface area contributed by atoms with Gasteiger partial charge in [-0.3, -0.25) is 4.79 Å². The molecule has 156 valence electrons. The summed E-state index contributed by atoms with van der Waals surface area (Å²) in [5.74, 6) is 0.893. The van der Waals surface area contributed by atoms with Gasteiger partial charge in [0.15, 0.2) is 0 Å². The van der Waals surface area contributed by atoms with Crippen LogP contribution >= 0.6 is 0 Å². The van der Waals surface area contributed by atoms with Gasteiger partial charge in [-0.05, 0) is 77.6 Å². The molecule has 2 aliphatic rings. The van der Waals surface area contributed by atoms with Gasteiger partial charge in [-0.1, -0.05) is 0 Å². The van der Waals surface area contributed by atoms with E-state index in [2.05, 4.69) is 42.8 Å². The minimum Gasteiger partial charge on any atom is -0.490 e. The van der Waals surface area contributed by atoms with Crippen LogP contribution in [0.3, 0.4) is 0 Å². The highest BCUT2D eigenvalue weighted by Crippen LogP contribution is 2.21. The van der Waals surface area contributed by atoms with E-state index in [0.717, 1.165) is 57.6 Å². The third-order valence-corrected chi connectivity index (χ3v) is 6.22. The summed E-state index contributed by atoms with van der Waals surface area (Å²) >= 11 is 0. The molecule has 2 saturated heterocycles. The number of piperidine rings is 2. The van der Waals surface area contributed by atoms with E-state index >= 15 is 0 Å². The average Bonchev–Trinajstić information content (AvgIpc) is 2.69. The normalized spacial score (nSPS) is 20.6. The lowest BCUT2D eigenvalue weighted by atomic mass is 10.0. The summed E-state index contributed by atoms with van der Waals surface area (Å²) in [5, 5.41) is 3.20. The average molecular weight is 388 g/mol. The van der Waals surface area contributed by atoms with Crippen molar-refractivity contribution in [1.82, 2.24) is 15.1 Å². The summed E-state index contributed by atoms with van der Waals surface area (Å²) < 4.78 is 6.14. The summed E-state index contributed by atoms with van der Waals surface area (Å²) in [4.78, 5) is 17.5. The lowest BCUT2D eigenvalue weighted by molar-refractivity contribution is 0.0843. The van der Waals surface area contributed by atoms with Crippen LogP contribution in [0.4, 0.5) is 0 Å². The van der Waals surface area contributed by atoms with Crippen LogP contribution in [0, 0.1) is 0 Å². The number of likely N-dealkylation sites (tertiary alicyclic amines) is 2. The van der Waals surface area contributed by atoms with E-state index in [1.165, 1.54) is 0 Å². The van der Waals surface area contributed by atoms with Crippen molar-refractivity contribution in [3.05, 3.63) is 29.8 Å². The number of ether oxygens (including phenoxy) is 1. The minimum atomic E-state index is 0.0276. The molecule has 0 spiro atoms. The maximum atomic E-state index is 12.6. The third kappa shape index (κ3) is 5.71. The number of amides is 1. The van der Waals surface area contributed by atoms with Gasteiger partial charge in [0.1, 0.15) is 11.9 Å². The van der Waals surface area contributed by atoms with Crippen LogP contribution in [-0.4, -0.2) is 66.1 Å². The molecule has 5 nitrogen and oxygen atoms in total. The zero-order chi connectivity index (χ0) is 20.1. The van der Waals surface area contributed by atoms with E-state index in [-0.39, 0.29) is 18.1 Å². The smallest absolute Gasteiger partial charge is 0.251 e. The molecule has 1 aromatic carbocycles. The van der Waals surface area contributed by atoms with Crippen LogP contribution in [-0.2, 0) is 0 Å². The predicted molar refractivity (Wildman–Crippen MR) is 114 cm³/mol. The van der Waals surface area contributed by atoms with Gasteiger partial charge in [0.2, 0.25) is 0 Å². The molecule has 1 amide bonds. The number of benzene rings is 1. The highest BCUT2D eigenvalue weighted by atomic mass is 16.5. The number of hydrogen-bond acceptors (Lipinski definition) is 4. The Balaban J connectivity index is 1.44. The Bertz CT molecular complexity index is 613. The van der Waals surface area contributed by atoms with E-state index in [4.69, 9.17) is 4.74 Å². The van der Waals surface area contributed by atoms with E-state index in [1.54, 1.807) is 0 Å². The van der Waals surface area contributed by atoms with Crippen molar-refractivity contribution < 1.29 is 9.53 Å². The summed E-state index contributed by atoms with van der Waals surface area (Å²) in [6.07, 6.45) is 4.46. The third-order valence-electron chi connectivity index (χ3n) is 6.22. The molecule has 2 aliphatic heterocycles. The summed E-state index contributed by atoms with van der Waals surface area (Å²) in [6.45, 7) is 13.3. The van der Waals surface area contributed by atoms with Crippen molar-refractivity contribution in [2.45, 2.75) is 77.6 Å². The van der Waals surface area contributed by atoms with Crippen molar-refractivity contribution in [2.24, 2.45) is 0 Å². The molecule has 2 fully saturated rings. The second-order valence-electron chi connectivity index (χ2n) is 8.85. The van der Waals surface area contributed by atoms with Crippen molar-refractivity contribution in [2.75, 3.05) is 26.2 Å². The highest BCUT2D eigenvalue weighted by Gasteiger charge is 2.23. The lowest BCUT2D eigenvalue weighted by Gasteiger charge is -2.35. The fourth-order valence-electron chi connectivity index (χ4n) is 4.22. The predicted octanol–water partition coefficient (Wildman–Crippen LogP) is 3.54. The molecule has 0 aliphatic carbocycles. The SMILES string of the molecule is CC(C)N1CCC(NC(=O)c2ccc(OC3CCN(C(C)C)CC3)cc2)CC1. The standard InChI is InChI=1S/C23H37N3O2/c1-17(2)25-13-9-20(10-14-25)24-23(27)19-5-7-21(8-6-19)28-22-11-15-26(16-12-22)18(3)4/h5-8,17-18,20,22H,9-16H2,1-4H3,(H,24,27). The van der Waals surface area contributed by atoms with E-state index in [0.29, 0.717) is 17.6 Å². The molecule has 28 heavy (non-hydrogen) atoms. The molecule has 2 heterocycles. The van der Waals surface area contributed by atoms with Gasteiger partial charge in [-0.2, -0.15) is 0 Å². The minimum absolute atomic E-state index is 0.0276. The summed E-state index contributed by atoms with van der Waals surface area (Å²) in [7, 11) is 0. The van der Waals surface area contributed by atoms with Gasteiger partial charge in [0, 0.05) is 49.9 Å². The van der Waals surface area contributed by atoms with E-state index < -0.39 is 0 Å². The van der Waals surface area contributed by atoms with Crippen LogP contribution < -0.4 is 10.1 Å². The molecule has 0 unspecified atom stereocenters. The molecule has 3 rings (SSSR count). The number of nitrogens with one attached hydrogen (secondary N) is 1. The molecular weight excluding hydrogens is 350 g/mol. The number of nitrogens with zero attached hydrogens (tertiary/aromatic N) is 2. The molecule has 5 heteroatoms. The maximum absolute atomic E-state index is 12.6. The van der Waals surface area contributed by atoms with Crippen molar-refractivity contribution >= 4 is 5.91 Å². The molecule has 0 aromatic heterocycles. The quantitative estimate of drug-likeness (QED) is 0.811. The molecule has 0 saturated carbocycles. The first kappa shape index (κ1) is 21.1. The van der Waals surface area contributed by atoms with Crippen molar-refractivity contribution in [3.63, 3.8) is 0 Å². The van der Waals surface area contributed by atoms with Crippen molar-refractivity contribution in [3.8, 4) is 5.75 Å². The van der Waals surface area contributed by atoms with Crippen LogP contribution in [0.1, 0.15) is 63.7 Å². The number of carbonyl (C=O) groups is 1. The fourth-order valence-corrected chi connectivity index (χ4v) is 4.22. The largest absolute Gasteiger partial charge is 0.490 e. The number of carbonyl (C=O) groups excluding carboxylic acids is 1. The molecule has 0 atom stereocenters. The fraction of sp³-hybridized carbons (Fsp3) is 0.696. The van der Waals surface area contributed by atoms with Gasteiger partial charge in [0.05, 0.1) is 0 Å². The monoisotopic (exact) mass is 387 g/mol. The van der Waals surface area contributed by atoms with Gasteiger partial charge in [0.25, 0.3) is 5.91 Å². The topological polar surface area (TPSA) is 44.8 Å². The molecule has 1 N–H and O–H groups in total. The van der Waals surface area contributed by atoms with Crippen molar-refractivity contribution in [1.29, 1.82) is 0 Å². The van der Waals surface area contributed by atoms with Gasteiger partial charge < -0.3 is 19.9 Å². The first-order valence-corrected chi connectivity index (χ1v) is 11.0. The second-order valence-corrected chi connectivity index (χ2v) is 8.85. The Hall–Kier alpha value is -1.59. The Morgan fingerprint density at radius 2 is 1.39 bits per heavy atom. The van der Waals surface area contributed by atoms with Crippen LogP contribution in [0.25, 0.3) is 0 Å². The van der Waals surface area contributed by atoms with Gasteiger partial charge in [-0.15, -0.1) is 0 Å². The van der Waals surface area contributed by atoms with E-state index in [9.17, 15) is 4.79 Å². The first-order valence-electron chi connectivity index (χ1n) is 11.0.